The summed E-state index contributed by atoms with van der Waals surface area (Å²) in [5, 5.41) is 0. The molecule has 0 fully saturated rings. The minimum absolute atomic E-state index is 0.0288. The van der Waals surface area contributed by atoms with Gasteiger partial charge in [0.1, 0.15) is 6.04 Å². The van der Waals surface area contributed by atoms with Gasteiger partial charge in [-0.05, 0) is 50.1 Å². The maximum Gasteiger partial charge on any atom is 0.261 e. The summed E-state index contributed by atoms with van der Waals surface area (Å²) >= 11 is 0. The second-order valence-electron chi connectivity index (χ2n) is 7.74. The lowest BCUT2D eigenvalue weighted by Gasteiger charge is -2.41. The van der Waals surface area contributed by atoms with Crippen LogP contribution in [0.2, 0.25) is 0 Å². The molecule has 0 aromatic heterocycles. The highest BCUT2D eigenvalue weighted by Gasteiger charge is 2.34. The number of nitrogens with zero attached hydrogens (tertiary/aromatic N) is 2. The van der Waals surface area contributed by atoms with E-state index in [9.17, 15) is 13.2 Å². The number of nitrogens with one attached hydrogen (secondary N) is 1. The predicted molar refractivity (Wildman–Crippen MR) is 113 cm³/mol. The fraction of sp³-hybridized carbons (Fsp3) is 0.381. The van der Waals surface area contributed by atoms with Crippen molar-refractivity contribution in [3.63, 3.8) is 0 Å². The molecule has 0 bridgehead atoms. The molecular weight excluding hydrogens is 374 g/mol. The number of benzene rings is 2. The monoisotopic (exact) mass is 401 g/mol. The van der Waals surface area contributed by atoms with E-state index in [2.05, 4.69) is 18.6 Å². The molecule has 1 aliphatic rings. The van der Waals surface area contributed by atoms with Gasteiger partial charge < -0.3 is 9.80 Å². The lowest BCUT2D eigenvalue weighted by Crippen LogP contribution is -2.51. The zero-order valence-electron chi connectivity index (χ0n) is 16.9. The van der Waals surface area contributed by atoms with Crippen LogP contribution in [-0.4, -0.2) is 34.0 Å². The Morgan fingerprint density at radius 1 is 1.07 bits per heavy atom. The van der Waals surface area contributed by atoms with E-state index in [4.69, 9.17) is 0 Å². The Balaban J connectivity index is 1.98. The van der Waals surface area contributed by atoms with Gasteiger partial charge in [0, 0.05) is 13.6 Å². The van der Waals surface area contributed by atoms with Crippen molar-refractivity contribution in [2.45, 2.75) is 38.6 Å². The lowest BCUT2D eigenvalue weighted by molar-refractivity contribution is -0.119. The summed E-state index contributed by atoms with van der Waals surface area (Å²) in [6, 6.07) is 11.7. The van der Waals surface area contributed by atoms with E-state index >= 15 is 0 Å². The summed E-state index contributed by atoms with van der Waals surface area (Å²) in [6.07, 6.45) is 0. The number of hydrogen-bond acceptors (Lipinski definition) is 4. The maximum atomic E-state index is 12.7. The number of anilines is 3. The second-order valence-corrected chi connectivity index (χ2v) is 9.42. The van der Waals surface area contributed by atoms with Crippen LogP contribution in [0.15, 0.2) is 47.4 Å². The largest absolute Gasteiger partial charge is 0.358 e. The molecular formula is C21H27N3O3S. The molecule has 2 aromatic rings. The molecule has 0 spiro atoms. The molecule has 1 N–H and O–H groups in total. The topological polar surface area (TPSA) is 69.7 Å². The van der Waals surface area contributed by atoms with Crippen LogP contribution in [0, 0.1) is 12.8 Å². The number of aryl methyl sites for hydroxylation is 1. The predicted octanol–water partition coefficient (Wildman–Crippen LogP) is 3.62. The van der Waals surface area contributed by atoms with E-state index in [1.807, 2.05) is 24.8 Å². The Kier molecular flexibility index (Phi) is 5.39. The first kappa shape index (κ1) is 20.2. The summed E-state index contributed by atoms with van der Waals surface area (Å²) in [7, 11) is -1.93. The van der Waals surface area contributed by atoms with Crippen molar-refractivity contribution in [1.82, 2.24) is 0 Å². The van der Waals surface area contributed by atoms with E-state index in [0.29, 0.717) is 18.2 Å². The molecule has 1 unspecified atom stereocenters. The highest BCUT2D eigenvalue weighted by molar-refractivity contribution is 7.92. The molecule has 1 heterocycles. The van der Waals surface area contributed by atoms with Crippen LogP contribution in [-0.2, 0) is 14.8 Å². The highest BCUT2D eigenvalue weighted by atomic mass is 32.2. The van der Waals surface area contributed by atoms with Gasteiger partial charge in [0.2, 0.25) is 5.91 Å². The molecule has 1 aliphatic heterocycles. The van der Waals surface area contributed by atoms with Gasteiger partial charge in [-0.1, -0.05) is 31.5 Å². The summed E-state index contributed by atoms with van der Waals surface area (Å²) in [5.74, 6) is 0.389. The van der Waals surface area contributed by atoms with Crippen LogP contribution in [0.3, 0.4) is 0 Å². The molecule has 3 rings (SSSR count). The first-order valence-corrected chi connectivity index (χ1v) is 10.9. The zero-order chi connectivity index (χ0) is 20.6. The van der Waals surface area contributed by atoms with E-state index in [0.717, 1.165) is 16.9 Å². The molecule has 1 atom stereocenters. The van der Waals surface area contributed by atoms with Crippen LogP contribution < -0.4 is 14.5 Å². The summed E-state index contributed by atoms with van der Waals surface area (Å²) in [6.45, 7) is 8.70. The molecule has 2 aromatic carbocycles. The quantitative estimate of drug-likeness (QED) is 0.831. The molecule has 7 heteroatoms. The van der Waals surface area contributed by atoms with E-state index < -0.39 is 10.0 Å². The molecule has 150 valence electrons. The first-order chi connectivity index (χ1) is 13.1. The number of fused-ring (bicyclic) bond motifs is 1. The molecule has 0 radical (unpaired) electrons. The Hall–Kier alpha value is -2.54. The molecule has 1 amide bonds. The van der Waals surface area contributed by atoms with Gasteiger partial charge >= 0.3 is 0 Å². The van der Waals surface area contributed by atoms with Gasteiger partial charge in [-0.15, -0.1) is 0 Å². The van der Waals surface area contributed by atoms with Crippen molar-refractivity contribution in [3.8, 4) is 0 Å². The third-order valence-electron chi connectivity index (χ3n) is 4.95. The standard InChI is InChI=1S/C21H27N3O3S/c1-14(2)13-24-16(4)21(25)23(5)19-11-8-17(12-20(19)24)22-28(26,27)18-9-6-15(3)7-10-18/h6-12,14,16,22H,13H2,1-5H3. The maximum absolute atomic E-state index is 12.7. The Morgan fingerprint density at radius 3 is 2.32 bits per heavy atom. The van der Waals surface area contributed by atoms with Crippen molar-refractivity contribution in [3.05, 3.63) is 48.0 Å². The molecule has 0 aliphatic carbocycles. The van der Waals surface area contributed by atoms with Gasteiger partial charge in [-0.3, -0.25) is 9.52 Å². The van der Waals surface area contributed by atoms with Crippen molar-refractivity contribution >= 4 is 33.0 Å². The zero-order valence-corrected chi connectivity index (χ0v) is 17.7. The van der Waals surface area contributed by atoms with Crippen LogP contribution in [0.4, 0.5) is 17.1 Å². The van der Waals surface area contributed by atoms with Gasteiger partial charge in [0.05, 0.1) is 22.0 Å². The SMILES string of the molecule is Cc1ccc(S(=O)(=O)Nc2ccc3c(c2)N(CC(C)C)C(C)C(=O)N3C)cc1. The number of likely N-dealkylation sites (N-methyl/N-ethyl adjacent to an activating group) is 1. The minimum atomic E-state index is -3.68. The Morgan fingerprint density at radius 2 is 1.71 bits per heavy atom. The van der Waals surface area contributed by atoms with E-state index in [1.54, 1.807) is 48.3 Å². The van der Waals surface area contributed by atoms with Crippen LogP contribution in [0.25, 0.3) is 0 Å². The fourth-order valence-corrected chi connectivity index (χ4v) is 4.47. The van der Waals surface area contributed by atoms with Gasteiger partial charge in [0.15, 0.2) is 0 Å². The lowest BCUT2D eigenvalue weighted by atomic mass is 10.0. The average molecular weight is 402 g/mol. The van der Waals surface area contributed by atoms with E-state index in [1.165, 1.54) is 0 Å². The third-order valence-corrected chi connectivity index (χ3v) is 6.34. The molecule has 28 heavy (non-hydrogen) atoms. The third kappa shape index (κ3) is 3.85. The molecule has 6 nitrogen and oxygen atoms in total. The summed E-state index contributed by atoms with van der Waals surface area (Å²) in [4.78, 5) is 16.5. The number of carbonyl (C=O) groups is 1. The number of sulfonamides is 1. The number of hydrogen-bond donors (Lipinski definition) is 1. The number of carbonyl (C=O) groups excluding carboxylic acids is 1. The Bertz CT molecular complexity index is 984. The summed E-state index contributed by atoms with van der Waals surface area (Å²) < 4.78 is 28.1. The van der Waals surface area contributed by atoms with Crippen molar-refractivity contribution < 1.29 is 13.2 Å². The van der Waals surface area contributed by atoms with Crippen LogP contribution in [0.5, 0.6) is 0 Å². The smallest absolute Gasteiger partial charge is 0.261 e. The Labute approximate surface area is 167 Å². The number of rotatable bonds is 5. The highest BCUT2D eigenvalue weighted by Crippen LogP contribution is 2.38. The van der Waals surface area contributed by atoms with E-state index in [-0.39, 0.29) is 16.8 Å². The summed E-state index contributed by atoms with van der Waals surface area (Å²) in [5.41, 5.74) is 3.11. The molecule has 0 saturated carbocycles. The van der Waals surface area contributed by atoms with Crippen molar-refractivity contribution in [1.29, 1.82) is 0 Å². The second kappa shape index (κ2) is 7.47. The fourth-order valence-electron chi connectivity index (χ4n) is 3.42. The normalized spacial score (nSPS) is 17.1. The first-order valence-electron chi connectivity index (χ1n) is 9.38. The van der Waals surface area contributed by atoms with Gasteiger partial charge in [-0.25, -0.2) is 8.42 Å². The van der Waals surface area contributed by atoms with Crippen LogP contribution >= 0.6 is 0 Å². The van der Waals surface area contributed by atoms with Crippen molar-refractivity contribution in [2.24, 2.45) is 5.92 Å². The minimum Gasteiger partial charge on any atom is -0.358 e. The van der Waals surface area contributed by atoms with Crippen LogP contribution in [0.1, 0.15) is 26.3 Å². The van der Waals surface area contributed by atoms with Gasteiger partial charge in [0.25, 0.3) is 10.0 Å². The van der Waals surface area contributed by atoms with Crippen molar-refractivity contribution in [2.75, 3.05) is 28.1 Å². The number of amides is 1. The molecule has 0 saturated heterocycles. The average Bonchev–Trinajstić information content (AvgIpc) is 2.63. The van der Waals surface area contributed by atoms with Gasteiger partial charge in [-0.2, -0.15) is 0 Å².